The Kier molecular flexibility index (Phi) is 5.33. The number of imide groups is 1. The third-order valence-corrected chi connectivity index (χ3v) is 5.16. The van der Waals surface area contributed by atoms with Gasteiger partial charge in [-0.3, -0.25) is 9.59 Å². The number of rotatable bonds is 4. The number of nitrogens with zero attached hydrogens (tertiary/aromatic N) is 1. The van der Waals surface area contributed by atoms with Crippen LogP contribution in [0.5, 0.6) is 0 Å². The van der Waals surface area contributed by atoms with E-state index in [1.54, 1.807) is 0 Å². The number of aryl methyl sites for hydroxylation is 2. The molecule has 31 heavy (non-hydrogen) atoms. The largest absolute Gasteiger partial charge is 0.350 e. The van der Waals surface area contributed by atoms with Crippen LogP contribution in [0.2, 0.25) is 5.02 Å². The minimum Gasteiger partial charge on any atom is -0.350 e. The van der Waals surface area contributed by atoms with Gasteiger partial charge in [-0.05, 0) is 73.0 Å². The van der Waals surface area contributed by atoms with Crippen molar-refractivity contribution < 1.29 is 18.4 Å². The first-order valence-corrected chi connectivity index (χ1v) is 9.82. The predicted octanol–water partition coefficient (Wildman–Crippen LogP) is 5.63. The van der Waals surface area contributed by atoms with Gasteiger partial charge in [-0.2, -0.15) is 0 Å². The monoisotopic (exact) mass is 438 g/mol. The van der Waals surface area contributed by atoms with Gasteiger partial charge in [0.2, 0.25) is 0 Å². The molecule has 0 bridgehead atoms. The molecule has 0 atom stereocenters. The molecule has 0 fully saturated rings. The zero-order valence-corrected chi connectivity index (χ0v) is 17.4. The third kappa shape index (κ3) is 3.94. The van der Waals surface area contributed by atoms with E-state index in [0.717, 1.165) is 22.1 Å². The SMILES string of the molecule is Cc1cc(C)cc(NC2=C(c3ccc(F)cc3)C(=O)N(c3ccc(F)c(Cl)c3)C2=O)c1. The number of carbonyl (C=O) groups excluding carboxylic acids is 2. The van der Waals surface area contributed by atoms with E-state index >= 15 is 0 Å². The molecule has 0 aromatic heterocycles. The first kappa shape index (κ1) is 20.8. The lowest BCUT2D eigenvalue weighted by Crippen LogP contribution is -2.32. The Hall–Kier alpha value is -3.51. The highest BCUT2D eigenvalue weighted by Crippen LogP contribution is 2.35. The number of anilines is 2. The van der Waals surface area contributed by atoms with Crippen molar-refractivity contribution in [3.05, 3.63) is 99.7 Å². The highest BCUT2D eigenvalue weighted by molar-refractivity contribution is 6.46. The summed E-state index contributed by atoms with van der Waals surface area (Å²) in [6, 6.07) is 14.6. The van der Waals surface area contributed by atoms with E-state index in [0.29, 0.717) is 11.3 Å². The number of carbonyl (C=O) groups is 2. The molecule has 1 N–H and O–H groups in total. The maximum atomic E-state index is 13.6. The third-order valence-electron chi connectivity index (χ3n) is 4.87. The van der Waals surface area contributed by atoms with Crippen LogP contribution in [0, 0.1) is 25.5 Å². The molecule has 2 amide bonds. The van der Waals surface area contributed by atoms with Crippen molar-refractivity contribution in [2.24, 2.45) is 0 Å². The number of nitrogens with one attached hydrogen (secondary N) is 1. The first-order valence-electron chi connectivity index (χ1n) is 9.44. The smallest absolute Gasteiger partial charge is 0.282 e. The van der Waals surface area contributed by atoms with E-state index in [9.17, 15) is 18.4 Å². The van der Waals surface area contributed by atoms with Crippen LogP contribution in [0.4, 0.5) is 20.2 Å². The van der Waals surface area contributed by atoms with Crippen molar-refractivity contribution in [1.82, 2.24) is 0 Å². The lowest BCUT2D eigenvalue weighted by molar-refractivity contribution is -0.120. The molecule has 0 saturated heterocycles. The zero-order chi connectivity index (χ0) is 22.3. The highest BCUT2D eigenvalue weighted by atomic mass is 35.5. The van der Waals surface area contributed by atoms with E-state index in [1.165, 1.54) is 36.4 Å². The van der Waals surface area contributed by atoms with Gasteiger partial charge in [-0.1, -0.05) is 29.8 Å². The van der Waals surface area contributed by atoms with Crippen LogP contribution in [-0.2, 0) is 9.59 Å². The Morgan fingerprint density at radius 1 is 0.839 bits per heavy atom. The second kappa shape index (κ2) is 7.96. The molecule has 0 radical (unpaired) electrons. The molecule has 4 rings (SSSR count). The van der Waals surface area contributed by atoms with Crippen molar-refractivity contribution in [1.29, 1.82) is 0 Å². The summed E-state index contributed by atoms with van der Waals surface area (Å²) in [5.41, 5.74) is 3.23. The van der Waals surface area contributed by atoms with Crippen molar-refractivity contribution >= 4 is 40.4 Å². The maximum Gasteiger partial charge on any atom is 0.282 e. The quantitative estimate of drug-likeness (QED) is 0.537. The van der Waals surface area contributed by atoms with Crippen molar-refractivity contribution in [3.8, 4) is 0 Å². The molecule has 156 valence electrons. The molecule has 0 aliphatic carbocycles. The van der Waals surface area contributed by atoms with Crippen molar-refractivity contribution in [2.45, 2.75) is 13.8 Å². The molecular formula is C24H17ClF2N2O2. The fourth-order valence-corrected chi connectivity index (χ4v) is 3.75. The van der Waals surface area contributed by atoms with Crippen LogP contribution >= 0.6 is 11.6 Å². The minimum atomic E-state index is -0.662. The second-order valence-corrected chi connectivity index (χ2v) is 7.71. The van der Waals surface area contributed by atoms with E-state index in [1.807, 2.05) is 32.0 Å². The summed E-state index contributed by atoms with van der Waals surface area (Å²) in [6.45, 7) is 3.84. The molecule has 3 aromatic carbocycles. The number of hydrogen-bond acceptors (Lipinski definition) is 3. The molecule has 7 heteroatoms. The standard InChI is InChI=1S/C24H17ClF2N2O2/c1-13-9-14(2)11-17(10-13)28-22-21(15-3-5-16(26)6-4-15)23(30)29(24(22)31)18-7-8-20(27)19(25)12-18/h3-12,28H,1-2H3. The van der Waals surface area contributed by atoms with Gasteiger partial charge in [0, 0.05) is 5.69 Å². The summed E-state index contributed by atoms with van der Waals surface area (Å²) < 4.78 is 27.1. The molecule has 1 heterocycles. The van der Waals surface area contributed by atoms with Crippen molar-refractivity contribution in [2.75, 3.05) is 10.2 Å². The van der Waals surface area contributed by atoms with Gasteiger partial charge in [0.05, 0.1) is 16.3 Å². The number of amides is 2. The summed E-state index contributed by atoms with van der Waals surface area (Å²) in [7, 11) is 0. The van der Waals surface area contributed by atoms with Crippen LogP contribution in [0.15, 0.2) is 66.4 Å². The van der Waals surface area contributed by atoms with E-state index in [4.69, 9.17) is 11.6 Å². The normalized spacial score (nSPS) is 13.9. The highest BCUT2D eigenvalue weighted by Gasteiger charge is 2.40. The van der Waals surface area contributed by atoms with Gasteiger partial charge in [-0.25, -0.2) is 13.7 Å². The first-order chi connectivity index (χ1) is 14.7. The molecule has 0 spiro atoms. The average molecular weight is 439 g/mol. The molecule has 1 aliphatic rings. The Bertz CT molecular complexity index is 1230. The van der Waals surface area contributed by atoms with E-state index < -0.39 is 23.4 Å². The zero-order valence-electron chi connectivity index (χ0n) is 16.7. The van der Waals surface area contributed by atoms with Gasteiger partial charge in [0.1, 0.15) is 17.3 Å². The Balaban J connectivity index is 1.84. The van der Waals surface area contributed by atoms with Gasteiger partial charge in [0.15, 0.2) is 0 Å². The number of benzene rings is 3. The van der Waals surface area contributed by atoms with Crippen LogP contribution in [0.25, 0.3) is 5.57 Å². The van der Waals surface area contributed by atoms with Crippen molar-refractivity contribution in [3.63, 3.8) is 0 Å². The average Bonchev–Trinajstić information content (AvgIpc) is 2.94. The van der Waals surface area contributed by atoms with Gasteiger partial charge >= 0.3 is 0 Å². The van der Waals surface area contributed by atoms with Crippen LogP contribution in [-0.4, -0.2) is 11.8 Å². The molecule has 3 aromatic rings. The lowest BCUT2D eigenvalue weighted by atomic mass is 10.0. The minimum absolute atomic E-state index is 0.0436. The maximum absolute atomic E-state index is 13.6. The number of halogens is 3. The lowest BCUT2D eigenvalue weighted by Gasteiger charge is -2.16. The topological polar surface area (TPSA) is 49.4 Å². The fraction of sp³-hybridized carbons (Fsp3) is 0.0833. The van der Waals surface area contributed by atoms with Gasteiger partial charge < -0.3 is 5.32 Å². The fourth-order valence-electron chi connectivity index (χ4n) is 3.58. The molecule has 1 aliphatic heterocycles. The molecular weight excluding hydrogens is 422 g/mol. The number of hydrogen-bond donors (Lipinski definition) is 1. The molecule has 4 nitrogen and oxygen atoms in total. The van der Waals surface area contributed by atoms with Gasteiger partial charge in [-0.15, -0.1) is 0 Å². The van der Waals surface area contributed by atoms with E-state index in [-0.39, 0.29) is 22.0 Å². The predicted molar refractivity (Wildman–Crippen MR) is 117 cm³/mol. The molecule has 0 saturated carbocycles. The van der Waals surface area contributed by atoms with Crippen LogP contribution < -0.4 is 10.2 Å². The summed E-state index contributed by atoms with van der Waals surface area (Å²) in [6.07, 6.45) is 0. The molecule has 0 unspecified atom stereocenters. The Morgan fingerprint density at radius 3 is 2.10 bits per heavy atom. The second-order valence-electron chi connectivity index (χ2n) is 7.30. The Labute approximate surface area is 182 Å². The summed E-state index contributed by atoms with van der Waals surface area (Å²) in [5, 5.41) is 2.85. The summed E-state index contributed by atoms with van der Waals surface area (Å²) in [5.74, 6) is -2.37. The van der Waals surface area contributed by atoms with Gasteiger partial charge in [0.25, 0.3) is 11.8 Å². The Morgan fingerprint density at radius 2 is 1.48 bits per heavy atom. The summed E-state index contributed by atoms with van der Waals surface area (Å²) >= 11 is 5.86. The van der Waals surface area contributed by atoms with Crippen LogP contribution in [0.3, 0.4) is 0 Å². The van der Waals surface area contributed by atoms with Crippen LogP contribution in [0.1, 0.15) is 16.7 Å². The van der Waals surface area contributed by atoms with E-state index in [2.05, 4.69) is 5.32 Å². The summed E-state index contributed by atoms with van der Waals surface area (Å²) in [4.78, 5) is 27.5.